The summed E-state index contributed by atoms with van der Waals surface area (Å²) in [6, 6.07) is 10.5. The number of rotatable bonds is 10. The fourth-order valence-corrected chi connectivity index (χ4v) is 1.88. The first-order valence-electron chi connectivity index (χ1n) is 8.00. The van der Waals surface area contributed by atoms with Crippen LogP contribution in [0.25, 0.3) is 0 Å². The maximum absolute atomic E-state index is 5.51. The van der Waals surface area contributed by atoms with E-state index in [1.54, 1.807) is 0 Å². The molecule has 0 saturated heterocycles. The van der Waals surface area contributed by atoms with Crippen molar-refractivity contribution in [3.05, 3.63) is 35.9 Å². The van der Waals surface area contributed by atoms with Gasteiger partial charge in [-0.1, -0.05) is 43.7 Å². The molecule has 0 unspecified atom stereocenters. The van der Waals surface area contributed by atoms with Gasteiger partial charge in [-0.05, 0) is 25.3 Å². The predicted octanol–water partition coefficient (Wildman–Crippen LogP) is 3.22. The topological polar surface area (TPSA) is 45.6 Å². The molecule has 1 rings (SSSR count). The largest absolute Gasteiger partial charge is 0.380 e. The van der Waals surface area contributed by atoms with Crippen LogP contribution in [-0.4, -0.2) is 38.8 Å². The quantitative estimate of drug-likeness (QED) is 0.265. The van der Waals surface area contributed by atoms with Crippen molar-refractivity contribution in [3.63, 3.8) is 0 Å². The van der Waals surface area contributed by atoms with Crippen molar-refractivity contribution in [1.82, 2.24) is 10.6 Å². The highest BCUT2D eigenvalue weighted by molar-refractivity contribution is 14.0. The van der Waals surface area contributed by atoms with E-state index in [0.717, 1.165) is 38.5 Å². The second-order valence-electron chi connectivity index (χ2n) is 4.89. The fraction of sp³-hybridized carbons (Fsp3) is 0.588. The Hall–Kier alpha value is -0.820. The number of hydrogen-bond donors (Lipinski definition) is 2. The van der Waals surface area contributed by atoms with Crippen LogP contribution in [0.1, 0.15) is 32.3 Å². The van der Waals surface area contributed by atoms with Crippen LogP contribution in [0, 0.1) is 0 Å². The van der Waals surface area contributed by atoms with Gasteiger partial charge >= 0.3 is 0 Å². The van der Waals surface area contributed by atoms with Gasteiger partial charge in [-0.3, -0.25) is 4.99 Å². The Bertz CT molecular complexity index is 385. The number of benzene rings is 1. The summed E-state index contributed by atoms with van der Waals surface area (Å²) in [6.07, 6.45) is 3.30. The average Bonchev–Trinajstić information content (AvgIpc) is 2.51. The maximum atomic E-state index is 5.51. The molecule has 22 heavy (non-hydrogen) atoms. The zero-order valence-electron chi connectivity index (χ0n) is 13.8. The van der Waals surface area contributed by atoms with Crippen molar-refractivity contribution in [1.29, 1.82) is 0 Å². The molecule has 0 fully saturated rings. The Kier molecular flexibility index (Phi) is 14.5. The summed E-state index contributed by atoms with van der Waals surface area (Å²) >= 11 is 0. The highest BCUT2D eigenvalue weighted by Crippen LogP contribution is 1.98. The first-order chi connectivity index (χ1) is 10.4. The van der Waals surface area contributed by atoms with Crippen molar-refractivity contribution < 1.29 is 4.74 Å². The van der Waals surface area contributed by atoms with Crippen molar-refractivity contribution >= 4 is 29.9 Å². The van der Waals surface area contributed by atoms with E-state index in [4.69, 9.17) is 4.74 Å². The van der Waals surface area contributed by atoms with E-state index >= 15 is 0 Å². The van der Waals surface area contributed by atoms with Gasteiger partial charge in [0.05, 0.1) is 13.2 Å². The smallest absolute Gasteiger partial charge is 0.191 e. The standard InChI is InChI=1S/C17H29N3O.HI/c1-3-5-14-21-15-13-20-17(18-4-2)19-12-11-16-9-7-6-8-10-16;/h6-10H,3-5,11-15H2,1-2H3,(H2,18,19,20);1H. The molecule has 0 bridgehead atoms. The number of unbranched alkanes of at least 4 members (excludes halogenated alkanes) is 1. The Labute approximate surface area is 152 Å². The Balaban J connectivity index is 0.00000441. The first-order valence-corrected chi connectivity index (χ1v) is 8.00. The number of hydrogen-bond acceptors (Lipinski definition) is 2. The van der Waals surface area contributed by atoms with E-state index in [-0.39, 0.29) is 24.0 Å². The molecule has 5 heteroatoms. The molecule has 0 aliphatic heterocycles. The van der Waals surface area contributed by atoms with Crippen LogP contribution in [0.5, 0.6) is 0 Å². The van der Waals surface area contributed by atoms with Crippen LogP contribution in [0.4, 0.5) is 0 Å². The molecule has 0 heterocycles. The highest BCUT2D eigenvalue weighted by Gasteiger charge is 1.97. The lowest BCUT2D eigenvalue weighted by Gasteiger charge is -2.11. The number of halogens is 1. The van der Waals surface area contributed by atoms with Crippen LogP contribution in [0.2, 0.25) is 0 Å². The molecular weight excluding hydrogens is 389 g/mol. The van der Waals surface area contributed by atoms with Gasteiger partial charge in [-0.25, -0.2) is 0 Å². The molecule has 2 N–H and O–H groups in total. The maximum Gasteiger partial charge on any atom is 0.191 e. The van der Waals surface area contributed by atoms with Crippen molar-refractivity contribution in [3.8, 4) is 0 Å². The monoisotopic (exact) mass is 419 g/mol. The molecule has 0 amide bonds. The lowest BCUT2D eigenvalue weighted by Crippen LogP contribution is -2.38. The normalized spacial score (nSPS) is 10.9. The van der Waals surface area contributed by atoms with E-state index in [2.05, 4.69) is 53.7 Å². The summed E-state index contributed by atoms with van der Waals surface area (Å²) in [6.45, 7) is 8.22. The second kappa shape index (κ2) is 15.1. The predicted molar refractivity (Wildman–Crippen MR) is 105 cm³/mol. The Morgan fingerprint density at radius 1 is 1.09 bits per heavy atom. The summed E-state index contributed by atoms with van der Waals surface area (Å²) in [4.78, 5) is 4.51. The Morgan fingerprint density at radius 3 is 2.55 bits per heavy atom. The summed E-state index contributed by atoms with van der Waals surface area (Å²) in [7, 11) is 0. The van der Waals surface area contributed by atoms with Crippen LogP contribution in [0.3, 0.4) is 0 Å². The van der Waals surface area contributed by atoms with E-state index in [0.29, 0.717) is 13.2 Å². The molecular formula is C17H30IN3O. The van der Waals surface area contributed by atoms with Crippen LogP contribution >= 0.6 is 24.0 Å². The summed E-state index contributed by atoms with van der Waals surface area (Å²) in [5.74, 6) is 0.868. The minimum Gasteiger partial charge on any atom is -0.380 e. The van der Waals surface area contributed by atoms with E-state index in [9.17, 15) is 0 Å². The van der Waals surface area contributed by atoms with Gasteiger partial charge < -0.3 is 15.4 Å². The minimum atomic E-state index is 0. The number of guanidine groups is 1. The molecule has 0 radical (unpaired) electrons. The molecule has 0 atom stereocenters. The van der Waals surface area contributed by atoms with Crippen LogP contribution in [0.15, 0.2) is 35.3 Å². The molecule has 0 aromatic heterocycles. The molecule has 0 aliphatic rings. The third-order valence-corrected chi connectivity index (χ3v) is 3.04. The summed E-state index contributed by atoms with van der Waals surface area (Å²) in [5, 5.41) is 6.61. The van der Waals surface area contributed by atoms with E-state index < -0.39 is 0 Å². The molecule has 126 valence electrons. The van der Waals surface area contributed by atoms with Gasteiger partial charge in [0.1, 0.15) is 0 Å². The molecule has 0 spiro atoms. The van der Waals surface area contributed by atoms with Crippen molar-refractivity contribution in [2.75, 3.05) is 32.8 Å². The number of nitrogens with zero attached hydrogens (tertiary/aromatic N) is 1. The van der Waals surface area contributed by atoms with E-state index in [1.165, 1.54) is 12.0 Å². The van der Waals surface area contributed by atoms with Gasteiger partial charge in [0.25, 0.3) is 0 Å². The second-order valence-corrected chi connectivity index (χ2v) is 4.89. The summed E-state index contributed by atoms with van der Waals surface area (Å²) in [5.41, 5.74) is 1.34. The summed E-state index contributed by atoms with van der Waals surface area (Å²) < 4.78 is 5.51. The molecule has 1 aromatic carbocycles. The minimum absolute atomic E-state index is 0. The van der Waals surface area contributed by atoms with Gasteiger partial charge in [0.2, 0.25) is 0 Å². The molecule has 4 nitrogen and oxygen atoms in total. The third kappa shape index (κ3) is 10.8. The van der Waals surface area contributed by atoms with Crippen LogP contribution in [-0.2, 0) is 11.2 Å². The van der Waals surface area contributed by atoms with Gasteiger partial charge in [0.15, 0.2) is 5.96 Å². The van der Waals surface area contributed by atoms with Gasteiger partial charge in [0, 0.05) is 19.7 Å². The lowest BCUT2D eigenvalue weighted by atomic mass is 10.1. The Morgan fingerprint density at radius 2 is 1.86 bits per heavy atom. The van der Waals surface area contributed by atoms with Gasteiger partial charge in [-0.15, -0.1) is 24.0 Å². The van der Waals surface area contributed by atoms with E-state index in [1.807, 2.05) is 6.07 Å². The zero-order chi connectivity index (χ0) is 15.2. The number of ether oxygens (including phenoxy) is 1. The first kappa shape index (κ1) is 21.2. The van der Waals surface area contributed by atoms with Crippen molar-refractivity contribution in [2.24, 2.45) is 4.99 Å². The molecule has 1 aromatic rings. The number of nitrogens with one attached hydrogen (secondary N) is 2. The molecule has 0 aliphatic carbocycles. The SMILES string of the molecule is CCCCOCCN=C(NCC)NCCc1ccccc1.I. The van der Waals surface area contributed by atoms with Crippen LogP contribution < -0.4 is 10.6 Å². The number of aliphatic imine (C=N–C) groups is 1. The van der Waals surface area contributed by atoms with Crippen molar-refractivity contribution in [2.45, 2.75) is 33.1 Å². The van der Waals surface area contributed by atoms with Gasteiger partial charge in [-0.2, -0.15) is 0 Å². The third-order valence-electron chi connectivity index (χ3n) is 3.04. The highest BCUT2D eigenvalue weighted by atomic mass is 127. The zero-order valence-corrected chi connectivity index (χ0v) is 16.1. The fourth-order valence-electron chi connectivity index (χ4n) is 1.88. The lowest BCUT2D eigenvalue weighted by molar-refractivity contribution is 0.139. The molecule has 0 saturated carbocycles. The average molecular weight is 419 g/mol.